The number of hydrogen-bond donors (Lipinski definition) is 1. The van der Waals surface area contributed by atoms with Crippen LogP contribution in [0, 0.1) is 0 Å². The molecular formula is C12H18N4O. The van der Waals surface area contributed by atoms with Crippen LogP contribution >= 0.6 is 0 Å². The van der Waals surface area contributed by atoms with E-state index < -0.39 is 0 Å². The van der Waals surface area contributed by atoms with Gasteiger partial charge in [0, 0.05) is 45.0 Å². The SMILES string of the molecule is CC1CN(C(=O)C=Cc2ccnn2C)CCN1. The first-order chi connectivity index (χ1) is 8.16. The normalized spacial score (nSPS) is 21.1. The van der Waals surface area contributed by atoms with Crippen molar-refractivity contribution in [2.75, 3.05) is 19.6 Å². The molecule has 5 nitrogen and oxygen atoms in total. The van der Waals surface area contributed by atoms with Crippen LogP contribution in [0.3, 0.4) is 0 Å². The van der Waals surface area contributed by atoms with Crippen LogP contribution in [0.4, 0.5) is 0 Å². The molecule has 1 aromatic heterocycles. The Balaban J connectivity index is 1.97. The van der Waals surface area contributed by atoms with Crippen molar-refractivity contribution in [1.82, 2.24) is 20.0 Å². The number of carbonyl (C=O) groups is 1. The Morgan fingerprint density at radius 2 is 2.47 bits per heavy atom. The van der Waals surface area contributed by atoms with Crippen molar-refractivity contribution in [2.24, 2.45) is 7.05 Å². The first kappa shape index (κ1) is 11.9. The third-order valence-electron chi connectivity index (χ3n) is 2.94. The molecule has 0 spiro atoms. The molecule has 0 saturated carbocycles. The van der Waals surface area contributed by atoms with Gasteiger partial charge in [0.25, 0.3) is 0 Å². The molecule has 0 bridgehead atoms. The van der Waals surface area contributed by atoms with Gasteiger partial charge >= 0.3 is 0 Å². The molecule has 1 N–H and O–H groups in total. The number of amides is 1. The van der Waals surface area contributed by atoms with Crippen molar-refractivity contribution >= 4 is 12.0 Å². The van der Waals surface area contributed by atoms with Gasteiger partial charge in [-0.05, 0) is 19.1 Å². The molecule has 92 valence electrons. The molecule has 5 heteroatoms. The van der Waals surface area contributed by atoms with E-state index in [1.807, 2.05) is 24.1 Å². The summed E-state index contributed by atoms with van der Waals surface area (Å²) in [5, 5.41) is 7.36. The van der Waals surface area contributed by atoms with Crippen LogP contribution in [0.25, 0.3) is 6.08 Å². The Kier molecular flexibility index (Phi) is 3.58. The Morgan fingerprint density at radius 3 is 3.12 bits per heavy atom. The summed E-state index contributed by atoms with van der Waals surface area (Å²) in [7, 11) is 1.86. The van der Waals surface area contributed by atoms with E-state index in [4.69, 9.17) is 0 Å². The average Bonchev–Trinajstić information content (AvgIpc) is 2.72. The second-order valence-electron chi connectivity index (χ2n) is 4.35. The summed E-state index contributed by atoms with van der Waals surface area (Å²) in [4.78, 5) is 13.8. The van der Waals surface area contributed by atoms with E-state index in [-0.39, 0.29) is 5.91 Å². The average molecular weight is 234 g/mol. The molecule has 1 fully saturated rings. The van der Waals surface area contributed by atoms with Gasteiger partial charge < -0.3 is 10.2 Å². The zero-order chi connectivity index (χ0) is 12.3. The number of rotatable bonds is 2. The number of hydrogen-bond acceptors (Lipinski definition) is 3. The molecule has 0 aromatic carbocycles. The van der Waals surface area contributed by atoms with Crippen molar-refractivity contribution in [3.8, 4) is 0 Å². The number of nitrogens with one attached hydrogen (secondary N) is 1. The summed E-state index contributed by atoms with van der Waals surface area (Å²) in [5.41, 5.74) is 0.932. The lowest BCUT2D eigenvalue weighted by Gasteiger charge is -2.31. The van der Waals surface area contributed by atoms with Crippen LogP contribution in [0.15, 0.2) is 18.3 Å². The van der Waals surface area contributed by atoms with Gasteiger partial charge in [-0.1, -0.05) is 0 Å². The van der Waals surface area contributed by atoms with Crippen molar-refractivity contribution < 1.29 is 4.79 Å². The second-order valence-corrected chi connectivity index (χ2v) is 4.35. The van der Waals surface area contributed by atoms with Crippen molar-refractivity contribution in [1.29, 1.82) is 0 Å². The lowest BCUT2D eigenvalue weighted by atomic mass is 10.2. The van der Waals surface area contributed by atoms with Gasteiger partial charge in [0.1, 0.15) is 0 Å². The highest BCUT2D eigenvalue weighted by atomic mass is 16.2. The molecule has 0 aliphatic carbocycles. The third-order valence-corrected chi connectivity index (χ3v) is 2.94. The van der Waals surface area contributed by atoms with Crippen LogP contribution in [0.2, 0.25) is 0 Å². The largest absolute Gasteiger partial charge is 0.336 e. The summed E-state index contributed by atoms with van der Waals surface area (Å²) in [6.07, 6.45) is 5.15. The lowest BCUT2D eigenvalue weighted by molar-refractivity contribution is -0.127. The first-order valence-electron chi connectivity index (χ1n) is 5.85. The molecule has 1 amide bonds. The highest BCUT2D eigenvalue weighted by molar-refractivity contribution is 5.91. The molecule has 1 saturated heterocycles. The van der Waals surface area contributed by atoms with Crippen LogP contribution in [-0.2, 0) is 11.8 Å². The maximum atomic E-state index is 11.9. The van der Waals surface area contributed by atoms with Crippen LogP contribution in [-0.4, -0.2) is 46.3 Å². The smallest absolute Gasteiger partial charge is 0.246 e. The Labute approximate surface area is 101 Å². The highest BCUT2D eigenvalue weighted by Gasteiger charge is 2.18. The molecular weight excluding hydrogens is 216 g/mol. The summed E-state index contributed by atoms with van der Waals surface area (Å²) in [5.74, 6) is 0.0690. The van der Waals surface area contributed by atoms with Gasteiger partial charge in [-0.25, -0.2) is 0 Å². The summed E-state index contributed by atoms with van der Waals surface area (Å²) < 4.78 is 1.74. The standard InChI is InChI=1S/C12H18N4O/c1-10-9-16(8-7-13-10)12(17)4-3-11-5-6-14-15(11)2/h3-6,10,13H,7-9H2,1-2H3. The second kappa shape index (κ2) is 5.14. The molecule has 1 aromatic rings. The van der Waals surface area contributed by atoms with Gasteiger partial charge in [0.15, 0.2) is 0 Å². The van der Waals surface area contributed by atoms with Crippen LogP contribution in [0.1, 0.15) is 12.6 Å². The van der Waals surface area contributed by atoms with E-state index >= 15 is 0 Å². The quantitative estimate of drug-likeness (QED) is 0.746. The maximum Gasteiger partial charge on any atom is 0.246 e. The zero-order valence-corrected chi connectivity index (χ0v) is 10.3. The van der Waals surface area contributed by atoms with E-state index in [9.17, 15) is 4.79 Å². The van der Waals surface area contributed by atoms with Crippen LogP contribution < -0.4 is 5.32 Å². The van der Waals surface area contributed by atoms with Crippen molar-refractivity contribution in [3.05, 3.63) is 24.0 Å². The minimum Gasteiger partial charge on any atom is -0.336 e. The van der Waals surface area contributed by atoms with E-state index in [2.05, 4.69) is 17.3 Å². The minimum atomic E-state index is 0.0690. The van der Waals surface area contributed by atoms with E-state index in [1.165, 1.54) is 0 Å². The number of aryl methyl sites for hydroxylation is 1. The summed E-state index contributed by atoms with van der Waals surface area (Å²) in [6.45, 7) is 4.50. The topological polar surface area (TPSA) is 50.2 Å². The van der Waals surface area contributed by atoms with Crippen molar-refractivity contribution in [2.45, 2.75) is 13.0 Å². The van der Waals surface area contributed by atoms with Gasteiger partial charge in [-0.2, -0.15) is 5.10 Å². The number of piperazine rings is 1. The van der Waals surface area contributed by atoms with E-state index in [0.717, 1.165) is 25.3 Å². The Hall–Kier alpha value is -1.62. The minimum absolute atomic E-state index is 0.0690. The fourth-order valence-corrected chi connectivity index (χ4v) is 1.94. The molecule has 1 aliphatic rings. The first-order valence-corrected chi connectivity index (χ1v) is 5.85. The fraction of sp³-hybridized carbons (Fsp3) is 0.500. The predicted molar refractivity (Wildman–Crippen MR) is 66.3 cm³/mol. The molecule has 1 aliphatic heterocycles. The number of aromatic nitrogens is 2. The number of nitrogens with zero attached hydrogens (tertiary/aromatic N) is 3. The van der Waals surface area contributed by atoms with Crippen molar-refractivity contribution in [3.63, 3.8) is 0 Å². The summed E-state index contributed by atoms with van der Waals surface area (Å²) >= 11 is 0. The third kappa shape index (κ3) is 2.94. The van der Waals surface area contributed by atoms with E-state index in [1.54, 1.807) is 17.0 Å². The molecule has 2 rings (SSSR count). The lowest BCUT2D eigenvalue weighted by Crippen LogP contribution is -2.50. The predicted octanol–water partition coefficient (Wildman–Crippen LogP) is 0.254. The molecule has 1 atom stereocenters. The highest BCUT2D eigenvalue weighted by Crippen LogP contribution is 2.03. The Bertz CT molecular complexity index is 424. The van der Waals surface area contributed by atoms with Crippen LogP contribution in [0.5, 0.6) is 0 Å². The van der Waals surface area contributed by atoms with Gasteiger partial charge in [-0.15, -0.1) is 0 Å². The zero-order valence-electron chi connectivity index (χ0n) is 10.3. The molecule has 0 radical (unpaired) electrons. The monoisotopic (exact) mass is 234 g/mol. The van der Waals surface area contributed by atoms with Gasteiger partial charge in [0.05, 0.1) is 5.69 Å². The van der Waals surface area contributed by atoms with Gasteiger partial charge in [0.2, 0.25) is 5.91 Å². The fourth-order valence-electron chi connectivity index (χ4n) is 1.94. The molecule has 1 unspecified atom stereocenters. The van der Waals surface area contributed by atoms with Gasteiger partial charge in [-0.3, -0.25) is 9.48 Å². The maximum absolute atomic E-state index is 11.9. The number of carbonyl (C=O) groups excluding carboxylic acids is 1. The molecule has 2 heterocycles. The molecule has 17 heavy (non-hydrogen) atoms. The Morgan fingerprint density at radius 1 is 1.65 bits per heavy atom. The van der Waals surface area contributed by atoms with E-state index in [0.29, 0.717) is 6.04 Å². The summed E-state index contributed by atoms with van der Waals surface area (Å²) in [6, 6.07) is 2.25.